The van der Waals surface area contributed by atoms with Crippen molar-refractivity contribution in [1.82, 2.24) is 0 Å². The van der Waals surface area contributed by atoms with Crippen molar-refractivity contribution in [3.05, 3.63) is 23.8 Å². The Morgan fingerprint density at radius 3 is 2.90 bits per heavy atom. The molecule has 1 aliphatic heterocycles. The average molecular weight is 274 g/mol. The fourth-order valence-electron chi connectivity index (χ4n) is 2.71. The minimum absolute atomic E-state index is 0.127. The Bertz CT molecular complexity index is 456. The SMILES string of the molecule is CCCCCCC(C)Nc1ccc2c(c1)CCC(=O)N2. The summed E-state index contributed by atoms with van der Waals surface area (Å²) >= 11 is 0. The van der Waals surface area contributed by atoms with Crippen LogP contribution in [0.1, 0.15) is 57.9 Å². The van der Waals surface area contributed by atoms with Crippen molar-refractivity contribution in [2.75, 3.05) is 10.6 Å². The van der Waals surface area contributed by atoms with E-state index >= 15 is 0 Å². The molecule has 0 aromatic heterocycles. The molecular formula is C17H26N2O. The first-order valence-electron chi connectivity index (χ1n) is 7.88. The molecule has 1 aliphatic rings. The second-order valence-corrected chi connectivity index (χ2v) is 5.81. The van der Waals surface area contributed by atoms with E-state index in [4.69, 9.17) is 0 Å². The highest BCUT2D eigenvalue weighted by atomic mass is 16.1. The molecule has 0 aliphatic carbocycles. The lowest BCUT2D eigenvalue weighted by atomic mass is 10.0. The van der Waals surface area contributed by atoms with E-state index in [2.05, 4.69) is 36.6 Å². The van der Waals surface area contributed by atoms with Crippen LogP contribution in [0.5, 0.6) is 0 Å². The summed E-state index contributed by atoms with van der Waals surface area (Å²) in [5.41, 5.74) is 3.39. The van der Waals surface area contributed by atoms with Crippen molar-refractivity contribution in [3.8, 4) is 0 Å². The van der Waals surface area contributed by atoms with Crippen LogP contribution in [0.25, 0.3) is 0 Å². The van der Waals surface area contributed by atoms with Gasteiger partial charge in [-0.3, -0.25) is 4.79 Å². The lowest BCUT2D eigenvalue weighted by Gasteiger charge is -2.20. The predicted molar refractivity (Wildman–Crippen MR) is 85.2 cm³/mol. The van der Waals surface area contributed by atoms with E-state index in [1.54, 1.807) is 0 Å². The Morgan fingerprint density at radius 2 is 2.10 bits per heavy atom. The summed E-state index contributed by atoms with van der Waals surface area (Å²) in [4.78, 5) is 11.3. The Balaban J connectivity index is 1.85. The predicted octanol–water partition coefficient (Wildman–Crippen LogP) is 4.34. The summed E-state index contributed by atoms with van der Waals surface area (Å²) < 4.78 is 0. The monoisotopic (exact) mass is 274 g/mol. The zero-order valence-corrected chi connectivity index (χ0v) is 12.7. The molecule has 0 spiro atoms. The van der Waals surface area contributed by atoms with Crippen LogP contribution in [0.4, 0.5) is 11.4 Å². The summed E-state index contributed by atoms with van der Waals surface area (Å²) in [5, 5.41) is 6.49. The quantitative estimate of drug-likeness (QED) is 0.726. The van der Waals surface area contributed by atoms with Gasteiger partial charge >= 0.3 is 0 Å². The van der Waals surface area contributed by atoms with E-state index in [9.17, 15) is 4.79 Å². The second kappa shape index (κ2) is 7.32. The van der Waals surface area contributed by atoms with Gasteiger partial charge in [0.25, 0.3) is 0 Å². The molecular weight excluding hydrogens is 248 g/mol. The van der Waals surface area contributed by atoms with Crippen LogP contribution in [0.3, 0.4) is 0 Å². The van der Waals surface area contributed by atoms with Crippen LogP contribution in [0, 0.1) is 0 Å². The Labute approximate surface area is 122 Å². The molecule has 0 saturated carbocycles. The van der Waals surface area contributed by atoms with Gasteiger partial charge in [0.2, 0.25) is 5.91 Å². The largest absolute Gasteiger partial charge is 0.383 e. The van der Waals surface area contributed by atoms with Gasteiger partial charge in [0.1, 0.15) is 0 Å². The zero-order valence-electron chi connectivity index (χ0n) is 12.7. The third-order valence-electron chi connectivity index (χ3n) is 3.90. The van der Waals surface area contributed by atoms with Crippen molar-refractivity contribution < 1.29 is 4.79 Å². The van der Waals surface area contributed by atoms with Crippen LogP contribution in [-0.2, 0) is 11.2 Å². The first-order chi connectivity index (χ1) is 9.69. The molecule has 0 saturated heterocycles. The summed E-state index contributed by atoms with van der Waals surface area (Å²) in [5.74, 6) is 0.127. The number of amides is 1. The van der Waals surface area contributed by atoms with Crippen LogP contribution in [0.15, 0.2) is 18.2 Å². The first kappa shape index (κ1) is 14.9. The van der Waals surface area contributed by atoms with E-state index in [0.717, 1.165) is 12.1 Å². The van der Waals surface area contributed by atoms with Crippen molar-refractivity contribution in [2.45, 2.75) is 64.8 Å². The van der Waals surface area contributed by atoms with Gasteiger partial charge < -0.3 is 10.6 Å². The number of fused-ring (bicyclic) bond motifs is 1. The van der Waals surface area contributed by atoms with Gasteiger partial charge in [0, 0.05) is 23.8 Å². The fraction of sp³-hybridized carbons (Fsp3) is 0.588. The van der Waals surface area contributed by atoms with Crippen molar-refractivity contribution in [1.29, 1.82) is 0 Å². The van der Waals surface area contributed by atoms with Crippen LogP contribution < -0.4 is 10.6 Å². The number of hydrogen-bond acceptors (Lipinski definition) is 2. The van der Waals surface area contributed by atoms with Gasteiger partial charge in [0.15, 0.2) is 0 Å². The minimum Gasteiger partial charge on any atom is -0.383 e. The normalized spacial score (nSPS) is 15.4. The third kappa shape index (κ3) is 4.26. The summed E-state index contributed by atoms with van der Waals surface area (Å²) in [6, 6.07) is 6.76. The number of aryl methyl sites for hydroxylation is 1. The van der Waals surface area contributed by atoms with Crippen molar-refractivity contribution in [3.63, 3.8) is 0 Å². The van der Waals surface area contributed by atoms with Gasteiger partial charge in [-0.2, -0.15) is 0 Å². The van der Waals surface area contributed by atoms with E-state index in [1.807, 2.05) is 6.07 Å². The molecule has 1 atom stereocenters. The molecule has 3 nitrogen and oxygen atoms in total. The van der Waals surface area contributed by atoms with E-state index in [0.29, 0.717) is 12.5 Å². The number of hydrogen-bond donors (Lipinski definition) is 2. The zero-order chi connectivity index (χ0) is 14.4. The minimum atomic E-state index is 0.127. The van der Waals surface area contributed by atoms with E-state index in [-0.39, 0.29) is 5.91 Å². The maximum Gasteiger partial charge on any atom is 0.224 e. The smallest absolute Gasteiger partial charge is 0.224 e. The molecule has 1 unspecified atom stereocenters. The number of benzene rings is 1. The van der Waals surface area contributed by atoms with Gasteiger partial charge in [-0.05, 0) is 43.5 Å². The third-order valence-corrected chi connectivity index (χ3v) is 3.90. The molecule has 1 amide bonds. The van der Waals surface area contributed by atoms with Crippen LogP contribution >= 0.6 is 0 Å². The van der Waals surface area contributed by atoms with Crippen molar-refractivity contribution in [2.24, 2.45) is 0 Å². The highest BCUT2D eigenvalue weighted by Gasteiger charge is 2.15. The number of rotatable bonds is 7. The van der Waals surface area contributed by atoms with Crippen molar-refractivity contribution >= 4 is 17.3 Å². The molecule has 1 aromatic rings. The van der Waals surface area contributed by atoms with Gasteiger partial charge in [-0.15, -0.1) is 0 Å². The number of anilines is 2. The van der Waals surface area contributed by atoms with Gasteiger partial charge in [0.05, 0.1) is 0 Å². The Hall–Kier alpha value is -1.51. The lowest BCUT2D eigenvalue weighted by Crippen LogP contribution is -2.20. The number of carbonyl (C=O) groups is 1. The molecule has 3 heteroatoms. The molecule has 110 valence electrons. The van der Waals surface area contributed by atoms with Gasteiger partial charge in [-0.1, -0.05) is 32.6 Å². The summed E-state index contributed by atoms with van der Waals surface area (Å²) in [6.45, 7) is 4.49. The summed E-state index contributed by atoms with van der Waals surface area (Å²) in [7, 11) is 0. The average Bonchev–Trinajstić information content (AvgIpc) is 2.44. The first-order valence-corrected chi connectivity index (χ1v) is 7.88. The molecule has 20 heavy (non-hydrogen) atoms. The second-order valence-electron chi connectivity index (χ2n) is 5.81. The highest BCUT2D eigenvalue weighted by Crippen LogP contribution is 2.26. The number of carbonyl (C=O) groups excluding carboxylic acids is 1. The Morgan fingerprint density at radius 1 is 1.25 bits per heavy atom. The fourth-order valence-corrected chi connectivity index (χ4v) is 2.71. The van der Waals surface area contributed by atoms with Crippen LogP contribution in [0.2, 0.25) is 0 Å². The van der Waals surface area contributed by atoms with E-state index < -0.39 is 0 Å². The van der Waals surface area contributed by atoms with E-state index in [1.165, 1.54) is 43.4 Å². The highest BCUT2D eigenvalue weighted by molar-refractivity contribution is 5.94. The molecule has 2 rings (SSSR count). The molecule has 1 heterocycles. The summed E-state index contributed by atoms with van der Waals surface area (Å²) in [6.07, 6.45) is 7.92. The Kier molecular flexibility index (Phi) is 5.45. The molecule has 0 bridgehead atoms. The number of nitrogens with one attached hydrogen (secondary N) is 2. The molecule has 0 fully saturated rings. The standard InChI is InChI=1S/C17H26N2O/c1-3-4-5-6-7-13(2)18-15-9-10-16-14(12-15)8-11-17(20)19-16/h9-10,12-13,18H,3-8,11H2,1-2H3,(H,19,20). The van der Waals surface area contributed by atoms with Crippen LogP contribution in [-0.4, -0.2) is 11.9 Å². The maximum atomic E-state index is 11.3. The lowest BCUT2D eigenvalue weighted by molar-refractivity contribution is -0.116. The maximum absolute atomic E-state index is 11.3. The molecule has 1 aromatic carbocycles. The topological polar surface area (TPSA) is 41.1 Å². The number of unbranched alkanes of at least 4 members (excludes halogenated alkanes) is 3. The molecule has 2 N–H and O–H groups in total. The van der Waals surface area contributed by atoms with Gasteiger partial charge in [-0.25, -0.2) is 0 Å². The molecule has 0 radical (unpaired) electrons.